The van der Waals surface area contributed by atoms with Crippen molar-refractivity contribution in [2.45, 2.75) is 38.7 Å². The number of carboxylic acids is 1. The Hall–Kier alpha value is -2.11. The van der Waals surface area contributed by atoms with Gasteiger partial charge in [-0.2, -0.15) is 0 Å². The molecule has 0 aliphatic heterocycles. The Bertz CT molecular complexity index is 488. The third-order valence-corrected chi connectivity index (χ3v) is 3.67. The van der Waals surface area contributed by atoms with Gasteiger partial charge in [0.1, 0.15) is 5.56 Å². The lowest BCUT2D eigenvalue weighted by atomic mass is 9.89. The van der Waals surface area contributed by atoms with Gasteiger partial charge in [-0.15, -0.1) is 0 Å². The van der Waals surface area contributed by atoms with E-state index in [0.29, 0.717) is 5.92 Å². The molecule has 1 aliphatic carbocycles. The fourth-order valence-electron chi connectivity index (χ4n) is 2.47. The molecule has 2 rings (SSSR count). The number of rotatable bonds is 4. The van der Waals surface area contributed by atoms with Gasteiger partial charge in [-0.25, -0.2) is 4.79 Å². The summed E-state index contributed by atoms with van der Waals surface area (Å²) in [7, 11) is 0. The summed E-state index contributed by atoms with van der Waals surface area (Å²) >= 11 is 0. The van der Waals surface area contributed by atoms with Gasteiger partial charge in [-0.05, 0) is 37.7 Å². The van der Waals surface area contributed by atoms with Crippen LogP contribution in [0.4, 0.5) is 5.69 Å². The monoisotopic (exact) mass is 279 g/mol. The number of nitro groups is 1. The first-order chi connectivity index (χ1) is 9.49. The molecule has 0 saturated heterocycles. The lowest BCUT2D eigenvalue weighted by Gasteiger charge is -2.27. The van der Waals surface area contributed by atoms with Crippen LogP contribution in [0.1, 0.15) is 43.0 Å². The maximum Gasteiger partial charge on any atom is 0.339 e. The van der Waals surface area contributed by atoms with Gasteiger partial charge >= 0.3 is 11.7 Å². The number of aromatic carboxylic acids is 1. The minimum Gasteiger partial charge on any atom is -0.483 e. The van der Waals surface area contributed by atoms with Gasteiger partial charge in [-0.3, -0.25) is 10.1 Å². The first kappa shape index (κ1) is 14.3. The van der Waals surface area contributed by atoms with E-state index < -0.39 is 10.9 Å². The molecule has 1 aromatic rings. The zero-order valence-corrected chi connectivity index (χ0v) is 11.2. The first-order valence-corrected chi connectivity index (χ1v) is 6.66. The number of carboxylic acid groups (broad SMARTS) is 1. The van der Waals surface area contributed by atoms with Crippen LogP contribution in [0.25, 0.3) is 0 Å². The van der Waals surface area contributed by atoms with Gasteiger partial charge in [0.25, 0.3) is 0 Å². The molecular formula is C14H17NO5. The second-order valence-corrected chi connectivity index (χ2v) is 5.22. The van der Waals surface area contributed by atoms with Gasteiger partial charge < -0.3 is 9.84 Å². The molecule has 0 spiro atoms. The van der Waals surface area contributed by atoms with Crippen LogP contribution in [0.3, 0.4) is 0 Å². The Morgan fingerprint density at radius 1 is 1.35 bits per heavy atom. The van der Waals surface area contributed by atoms with Crippen molar-refractivity contribution in [1.82, 2.24) is 0 Å². The predicted molar refractivity (Wildman–Crippen MR) is 72.1 cm³/mol. The molecule has 0 bridgehead atoms. The molecule has 1 aromatic carbocycles. The van der Waals surface area contributed by atoms with Crippen LogP contribution in [0, 0.1) is 16.0 Å². The number of para-hydroxylation sites is 1. The zero-order valence-electron chi connectivity index (χ0n) is 11.2. The molecule has 108 valence electrons. The van der Waals surface area contributed by atoms with Crippen molar-refractivity contribution in [3.63, 3.8) is 0 Å². The van der Waals surface area contributed by atoms with E-state index in [1.807, 2.05) is 0 Å². The third-order valence-electron chi connectivity index (χ3n) is 3.67. The Morgan fingerprint density at radius 3 is 2.55 bits per heavy atom. The average Bonchev–Trinajstić information content (AvgIpc) is 2.41. The Morgan fingerprint density at radius 2 is 2.00 bits per heavy atom. The summed E-state index contributed by atoms with van der Waals surface area (Å²) in [4.78, 5) is 21.6. The molecule has 1 aliphatic rings. The number of ether oxygens (including phenoxy) is 1. The summed E-state index contributed by atoms with van der Waals surface area (Å²) in [5.41, 5.74) is -0.443. The minimum atomic E-state index is -1.21. The summed E-state index contributed by atoms with van der Waals surface area (Å²) in [6, 6.07) is 3.96. The molecule has 0 amide bonds. The van der Waals surface area contributed by atoms with Crippen molar-refractivity contribution in [2.24, 2.45) is 5.92 Å². The number of nitro benzene ring substituents is 1. The highest BCUT2D eigenvalue weighted by Gasteiger charge is 2.27. The molecule has 6 nitrogen and oxygen atoms in total. The number of hydrogen-bond acceptors (Lipinski definition) is 4. The predicted octanol–water partition coefficient (Wildman–Crippen LogP) is 3.25. The molecule has 1 N–H and O–H groups in total. The van der Waals surface area contributed by atoms with E-state index in [1.54, 1.807) is 0 Å². The van der Waals surface area contributed by atoms with Crippen molar-refractivity contribution >= 4 is 11.7 Å². The lowest BCUT2D eigenvalue weighted by molar-refractivity contribution is -0.386. The molecule has 0 radical (unpaired) electrons. The Balaban J connectivity index is 2.28. The minimum absolute atomic E-state index is 0.121. The standard InChI is InChI=1S/C14H17NO5/c1-9-5-7-10(8-6-9)20-13-11(14(16)17)3-2-4-12(13)15(18)19/h2-4,9-10H,5-8H2,1H3,(H,16,17). The van der Waals surface area contributed by atoms with Crippen molar-refractivity contribution in [3.05, 3.63) is 33.9 Å². The molecule has 20 heavy (non-hydrogen) atoms. The third kappa shape index (κ3) is 3.07. The second kappa shape index (κ2) is 5.90. The molecule has 0 atom stereocenters. The number of nitrogens with zero attached hydrogens (tertiary/aromatic N) is 1. The number of benzene rings is 1. The van der Waals surface area contributed by atoms with Gasteiger partial charge in [-0.1, -0.05) is 13.0 Å². The van der Waals surface area contributed by atoms with E-state index in [1.165, 1.54) is 18.2 Å². The Kier molecular flexibility index (Phi) is 4.22. The topological polar surface area (TPSA) is 89.7 Å². The summed E-state index contributed by atoms with van der Waals surface area (Å²) < 4.78 is 5.67. The van der Waals surface area contributed by atoms with E-state index in [-0.39, 0.29) is 23.1 Å². The van der Waals surface area contributed by atoms with E-state index in [4.69, 9.17) is 9.84 Å². The molecular weight excluding hydrogens is 262 g/mol. The van der Waals surface area contributed by atoms with Crippen LogP contribution < -0.4 is 4.74 Å². The van der Waals surface area contributed by atoms with E-state index in [9.17, 15) is 14.9 Å². The van der Waals surface area contributed by atoms with Crippen LogP contribution in [0.15, 0.2) is 18.2 Å². The number of carbonyl (C=O) groups is 1. The van der Waals surface area contributed by atoms with Crippen molar-refractivity contribution in [2.75, 3.05) is 0 Å². The highest BCUT2D eigenvalue weighted by Crippen LogP contribution is 2.35. The Labute approximate surface area is 116 Å². The van der Waals surface area contributed by atoms with Crippen LogP contribution in [-0.2, 0) is 0 Å². The van der Waals surface area contributed by atoms with Gasteiger partial charge in [0.2, 0.25) is 5.75 Å². The molecule has 0 aromatic heterocycles. The zero-order chi connectivity index (χ0) is 14.7. The molecule has 0 unspecified atom stereocenters. The summed E-state index contributed by atoms with van der Waals surface area (Å²) in [6.45, 7) is 2.16. The molecule has 1 saturated carbocycles. The molecule has 0 heterocycles. The van der Waals surface area contributed by atoms with Crippen molar-refractivity contribution in [1.29, 1.82) is 0 Å². The SMILES string of the molecule is CC1CCC(Oc2c(C(=O)O)cccc2[N+](=O)[O-])CC1. The van der Waals surface area contributed by atoms with Crippen LogP contribution in [0.5, 0.6) is 5.75 Å². The van der Waals surface area contributed by atoms with Crippen molar-refractivity contribution < 1.29 is 19.6 Å². The fourth-order valence-corrected chi connectivity index (χ4v) is 2.47. The largest absolute Gasteiger partial charge is 0.483 e. The van der Waals surface area contributed by atoms with Crippen molar-refractivity contribution in [3.8, 4) is 5.75 Å². The highest BCUT2D eigenvalue weighted by atomic mass is 16.6. The van der Waals surface area contributed by atoms with E-state index in [0.717, 1.165) is 25.7 Å². The van der Waals surface area contributed by atoms with Crippen LogP contribution in [0.2, 0.25) is 0 Å². The summed E-state index contributed by atoms with van der Waals surface area (Å²) in [6.07, 6.45) is 3.44. The van der Waals surface area contributed by atoms with Gasteiger partial charge in [0, 0.05) is 6.07 Å². The van der Waals surface area contributed by atoms with Crippen LogP contribution >= 0.6 is 0 Å². The summed E-state index contributed by atoms with van der Waals surface area (Å²) in [5, 5.41) is 20.2. The molecule has 6 heteroatoms. The van der Waals surface area contributed by atoms with Crippen LogP contribution in [-0.4, -0.2) is 22.1 Å². The fraction of sp³-hybridized carbons (Fsp3) is 0.500. The summed E-state index contributed by atoms with van der Waals surface area (Å²) in [5.74, 6) is -0.711. The normalized spacial score (nSPS) is 22.2. The quantitative estimate of drug-likeness (QED) is 0.675. The smallest absolute Gasteiger partial charge is 0.339 e. The second-order valence-electron chi connectivity index (χ2n) is 5.22. The maximum absolute atomic E-state index is 11.2. The highest BCUT2D eigenvalue weighted by molar-refractivity contribution is 5.92. The van der Waals surface area contributed by atoms with E-state index >= 15 is 0 Å². The maximum atomic E-state index is 11.2. The number of hydrogen-bond donors (Lipinski definition) is 1. The van der Waals surface area contributed by atoms with Gasteiger partial charge in [0.05, 0.1) is 11.0 Å². The first-order valence-electron chi connectivity index (χ1n) is 6.66. The average molecular weight is 279 g/mol. The van der Waals surface area contributed by atoms with E-state index in [2.05, 4.69) is 6.92 Å². The molecule has 1 fully saturated rings. The lowest BCUT2D eigenvalue weighted by Crippen LogP contribution is -2.24. The van der Waals surface area contributed by atoms with Gasteiger partial charge in [0.15, 0.2) is 0 Å².